The van der Waals surface area contributed by atoms with E-state index >= 15 is 0 Å². The van der Waals surface area contributed by atoms with E-state index in [2.05, 4.69) is 293 Å². The number of hydrogen-bond donors (Lipinski definition) is 0. The molecule has 6 heteroatoms. The van der Waals surface area contributed by atoms with Gasteiger partial charge in [0.2, 0.25) is 0 Å². The van der Waals surface area contributed by atoms with Gasteiger partial charge in [0, 0.05) is 70.7 Å². The third kappa shape index (κ3) is 9.59. The van der Waals surface area contributed by atoms with E-state index < -0.39 is 7.14 Å². The molecule has 0 bridgehead atoms. The molecule has 0 fully saturated rings. The number of rotatable bonds is 9. The average molecular weight is 1290 g/mol. The van der Waals surface area contributed by atoms with Crippen LogP contribution in [0, 0.1) is 0 Å². The maximum Gasteiger partial charge on any atom is 0.171 e. The largest absolute Gasteiger partial charge is 0.309 e. The van der Waals surface area contributed by atoms with E-state index in [4.69, 9.17) is 15.0 Å². The summed E-state index contributed by atoms with van der Waals surface area (Å²) in [5.41, 5.74) is 25.4. The number of imidazole rings is 1. The molecule has 470 valence electrons. The summed E-state index contributed by atoms with van der Waals surface area (Å²) in [5.74, 6) is 0.936. The van der Waals surface area contributed by atoms with Gasteiger partial charge < -0.3 is 4.57 Å². The first-order valence-electron chi connectivity index (χ1n) is 34.1. The highest BCUT2D eigenvalue weighted by molar-refractivity contribution is 7.85. The molecule has 2 aliphatic rings. The number of pyridine rings is 2. The standard InChI is InChI=1S/C51H35N3.C42H32NOP/c1-51(2)43-22-12-10-20-41(43)47-46(51)45(42-21-11-13-23-44(42)52-47)34-26-24-32(25-27-34)33-28-30-36(31-29-33)54-49-40-19-9-7-17-38(40)37-16-6-8-18-39(37)48(49)53-50(54)35-14-4-3-5-15-35;1-42(2)37-19-11-9-17-35(37)41-40(42)39(36-18-10-12-20-38(36)43-41)31-23-21-29(22-24-31)30-25-27-34(28-26-30)45(44,32-13-5-3-6-14-32)33-15-7-4-8-16-33/h3-31H,1-2H3;3-28H,1-2H3. The van der Waals surface area contributed by atoms with Gasteiger partial charge in [0.1, 0.15) is 5.82 Å². The van der Waals surface area contributed by atoms with E-state index in [9.17, 15) is 4.57 Å². The molecule has 0 radical (unpaired) electrons. The minimum atomic E-state index is -3.01. The molecule has 5 nitrogen and oxygen atoms in total. The van der Waals surface area contributed by atoms with Gasteiger partial charge in [-0.3, -0.25) is 4.57 Å². The SMILES string of the molecule is CC1(C)c2ccccc2-c2nc3ccccc3c(-c3ccc(-c4ccc(-n5c(-c6ccccc6)nc6c7ccccc7c7ccccc7c65)cc4)cc3)c21.CC1(C)c2ccccc2-c2nc3ccccc3c(-c3ccc(-c4ccc(P(=O)(c5ccccc5)c5ccccc5)cc4)cc3)c21. The van der Waals surface area contributed by atoms with Crippen molar-refractivity contribution >= 4 is 77.4 Å². The number of aromatic nitrogens is 4. The summed E-state index contributed by atoms with van der Waals surface area (Å²) >= 11 is 0. The van der Waals surface area contributed by atoms with E-state index in [0.29, 0.717) is 0 Å². The zero-order chi connectivity index (χ0) is 66.6. The molecule has 99 heavy (non-hydrogen) atoms. The van der Waals surface area contributed by atoms with Crippen molar-refractivity contribution in [2.75, 3.05) is 0 Å². The molecule has 19 rings (SSSR count). The summed E-state index contributed by atoms with van der Waals surface area (Å²) in [6.07, 6.45) is 0. The van der Waals surface area contributed by atoms with Crippen LogP contribution in [0.5, 0.6) is 0 Å². The molecule has 0 N–H and O–H groups in total. The monoisotopic (exact) mass is 1290 g/mol. The average Bonchev–Trinajstić information content (AvgIpc) is 1.58. The van der Waals surface area contributed by atoms with Crippen molar-refractivity contribution in [1.29, 1.82) is 0 Å². The molecule has 3 heterocycles. The van der Waals surface area contributed by atoms with Crippen LogP contribution in [0.3, 0.4) is 0 Å². The Kier molecular flexibility index (Phi) is 14.1. The molecule has 0 aliphatic heterocycles. The Hall–Kier alpha value is -11.9. The fourth-order valence-corrected chi connectivity index (χ4v) is 18.8. The van der Waals surface area contributed by atoms with Crippen LogP contribution < -0.4 is 15.9 Å². The van der Waals surface area contributed by atoms with Gasteiger partial charge in [-0.15, -0.1) is 0 Å². The molecule has 0 atom stereocenters. The van der Waals surface area contributed by atoms with Crippen LogP contribution in [0.4, 0.5) is 0 Å². The highest BCUT2D eigenvalue weighted by Gasteiger charge is 2.41. The lowest BCUT2D eigenvalue weighted by molar-refractivity contribution is 0.592. The highest BCUT2D eigenvalue weighted by atomic mass is 31.2. The normalized spacial score (nSPS) is 13.3. The summed E-state index contributed by atoms with van der Waals surface area (Å²) in [4.78, 5) is 15.8. The first-order chi connectivity index (χ1) is 48.5. The molecule has 17 aromatic rings. The smallest absolute Gasteiger partial charge is 0.171 e. The molecule has 3 aromatic heterocycles. The Balaban J connectivity index is 0.000000146. The molecule has 0 unspecified atom stereocenters. The fourth-order valence-electron chi connectivity index (χ4n) is 16.2. The lowest BCUT2D eigenvalue weighted by Crippen LogP contribution is -2.24. The summed E-state index contributed by atoms with van der Waals surface area (Å²) in [7, 11) is -3.01. The number of benzene rings is 14. The van der Waals surface area contributed by atoms with Gasteiger partial charge in [0.25, 0.3) is 0 Å². The predicted molar refractivity (Wildman–Crippen MR) is 415 cm³/mol. The van der Waals surface area contributed by atoms with E-state index in [0.717, 1.165) is 77.6 Å². The number of fused-ring (bicyclic) bond motifs is 14. The molecule has 0 amide bonds. The van der Waals surface area contributed by atoms with Crippen molar-refractivity contribution in [3.63, 3.8) is 0 Å². The second kappa shape index (κ2) is 23.5. The lowest BCUT2D eigenvalue weighted by Gasteiger charge is -2.25. The van der Waals surface area contributed by atoms with Gasteiger partial charge in [-0.1, -0.05) is 337 Å². The number of nitrogens with zero attached hydrogens (tertiary/aromatic N) is 4. The van der Waals surface area contributed by atoms with Gasteiger partial charge in [-0.2, -0.15) is 0 Å². The van der Waals surface area contributed by atoms with Crippen LogP contribution in [0.1, 0.15) is 49.9 Å². The van der Waals surface area contributed by atoms with Crippen molar-refractivity contribution in [3.8, 4) is 84.1 Å². The second-order valence-electron chi connectivity index (χ2n) is 27.3. The minimum Gasteiger partial charge on any atom is -0.309 e. The van der Waals surface area contributed by atoms with Crippen LogP contribution in [0.15, 0.2) is 334 Å². The van der Waals surface area contributed by atoms with Crippen molar-refractivity contribution < 1.29 is 4.57 Å². The van der Waals surface area contributed by atoms with Gasteiger partial charge >= 0.3 is 0 Å². The van der Waals surface area contributed by atoms with Crippen molar-refractivity contribution in [1.82, 2.24) is 19.5 Å². The molecule has 0 spiro atoms. The number of hydrogen-bond acceptors (Lipinski definition) is 4. The molecular formula is C93H67N4OP. The maximum atomic E-state index is 14.8. The van der Waals surface area contributed by atoms with Crippen LogP contribution in [-0.4, -0.2) is 19.5 Å². The third-order valence-corrected chi connectivity index (χ3v) is 24.0. The summed E-state index contributed by atoms with van der Waals surface area (Å²) in [5, 5.41) is 9.70. The van der Waals surface area contributed by atoms with Crippen LogP contribution in [0.25, 0.3) is 138 Å². The van der Waals surface area contributed by atoms with E-state index in [1.165, 1.54) is 99.1 Å². The Morgan fingerprint density at radius 1 is 0.293 bits per heavy atom. The number of para-hydroxylation sites is 2. The fraction of sp³-hybridized carbons (Fsp3) is 0.0645. The first kappa shape index (κ1) is 59.6. The Bertz CT molecular complexity index is 6040. The minimum absolute atomic E-state index is 0.166. The van der Waals surface area contributed by atoms with Crippen molar-refractivity contribution in [2.24, 2.45) is 0 Å². The van der Waals surface area contributed by atoms with Crippen LogP contribution >= 0.6 is 7.14 Å². The van der Waals surface area contributed by atoms with E-state index in [1.54, 1.807) is 0 Å². The zero-order valence-corrected chi connectivity index (χ0v) is 56.3. The second-order valence-corrected chi connectivity index (χ2v) is 30.0. The van der Waals surface area contributed by atoms with Gasteiger partial charge in [0.05, 0.1) is 33.5 Å². The lowest BCUT2D eigenvalue weighted by atomic mass is 9.78. The maximum absolute atomic E-state index is 14.8. The quantitative estimate of drug-likeness (QED) is 0.107. The molecular weight excluding hydrogens is 1220 g/mol. The molecule has 0 saturated carbocycles. The third-order valence-electron chi connectivity index (χ3n) is 20.9. The van der Waals surface area contributed by atoms with Gasteiger partial charge in [0.15, 0.2) is 7.14 Å². The van der Waals surface area contributed by atoms with Crippen LogP contribution in [0.2, 0.25) is 0 Å². The molecule has 0 saturated heterocycles. The van der Waals surface area contributed by atoms with Gasteiger partial charge in [-0.25, -0.2) is 15.0 Å². The van der Waals surface area contributed by atoms with Gasteiger partial charge in [-0.05, 0) is 102 Å². The summed E-state index contributed by atoms with van der Waals surface area (Å²) < 4.78 is 17.1. The first-order valence-corrected chi connectivity index (χ1v) is 35.8. The zero-order valence-electron chi connectivity index (χ0n) is 55.4. The van der Waals surface area contributed by atoms with Crippen molar-refractivity contribution in [2.45, 2.75) is 38.5 Å². The summed E-state index contributed by atoms with van der Waals surface area (Å²) in [6.45, 7) is 9.31. The highest BCUT2D eigenvalue weighted by Crippen LogP contribution is 2.55. The van der Waals surface area contributed by atoms with Crippen LogP contribution in [-0.2, 0) is 15.4 Å². The Morgan fingerprint density at radius 2 is 0.636 bits per heavy atom. The predicted octanol–water partition coefficient (Wildman–Crippen LogP) is 22.7. The summed E-state index contributed by atoms with van der Waals surface area (Å²) in [6, 6.07) is 117. The van der Waals surface area contributed by atoms with E-state index in [1.807, 2.05) is 72.8 Å². The Labute approximate surface area is 576 Å². The van der Waals surface area contributed by atoms with E-state index in [-0.39, 0.29) is 10.8 Å². The Morgan fingerprint density at radius 3 is 1.11 bits per heavy atom. The van der Waals surface area contributed by atoms with Crippen molar-refractivity contribution in [3.05, 3.63) is 356 Å². The molecule has 2 aliphatic carbocycles. The molecule has 14 aromatic carbocycles. The topological polar surface area (TPSA) is 60.7 Å².